The van der Waals surface area contributed by atoms with Crippen LogP contribution in [0.25, 0.3) is 0 Å². The summed E-state index contributed by atoms with van der Waals surface area (Å²) in [6.07, 6.45) is 4.70. The van der Waals surface area contributed by atoms with Crippen molar-refractivity contribution in [2.24, 2.45) is 0 Å². The van der Waals surface area contributed by atoms with Gasteiger partial charge in [0.2, 0.25) is 0 Å². The van der Waals surface area contributed by atoms with Crippen molar-refractivity contribution in [3.63, 3.8) is 0 Å². The minimum absolute atomic E-state index is 0.686. The van der Waals surface area contributed by atoms with Gasteiger partial charge in [0, 0.05) is 44.0 Å². The largest absolute Gasteiger partial charge is 0.314 e. The molecule has 1 unspecified atom stereocenters. The maximum atomic E-state index is 4.70. The van der Waals surface area contributed by atoms with Gasteiger partial charge >= 0.3 is 0 Å². The van der Waals surface area contributed by atoms with Crippen LogP contribution in [0.3, 0.4) is 0 Å². The van der Waals surface area contributed by atoms with Crippen molar-refractivity contribution < 1.29 is 0 Å². The summed E-state index contributed by atoms with van der Waals surface area (Å²) in [5, 5.41) is 6.96. The Bertz CT molecular complexity index is 345. The van der Waals surface area contributed by atoms with Gasteiger partial charge in [-0.15, -0.1) is 11.3 Å². The smallest absolute Gasteiger partial charge is 0.0928 e. The lowest BCUT2D eigenvalue weighted by molar-refractivity contribution is 0.177. The summed E-state index contributed by atoms with van der Waals surface area (Å²) in [4.78, 5) is 7.30. The van der Waals surface area contributed by atoms with E-state index < -0.39 is 0 Å². The highest BCUT2D eigenvalue weighted by atomic mass is 32.1. The lowest BCUT2D eigenvalue weighted by Crippen LogP contribution is -2.47. The fourth-order valence-corrected chi connectivity index (χ4v) is 3.32. The summed E-state index contributed by atoms with van der Waals surface area (Å²) < 4.78 is 0. The molecule has 1 aromatic rings. The van der Waals surface area contributed by atoms with E-state index in [1.165, 1.54) is 36.6 Å². The van der Waals surface area contributed by atoms with Gasteiger partial charge in [-0.1, -0.05) is 13.3 Å². The van der Waals surface area contributed by atoms with Gasteiger partial charge in [-0.3, -0.25) is 4.90 Å². The molecule has 0 saturated carbocycles. The minimum Gasteiger partial charge on any atom is -0.314 e. The first kappa shape index (κ1) is 14.0. The summed E-state index contributed by atoms with van der Waals surface area (Å²) in [5.74, 6) is 0. The maximum Gasteiger partial charge on any atom is 0.0928 e. The van der Waals surface area contributed by atoms with Crippen molar-refractivity contribution in [1.29, 1.82) is 0 Å². The van der Waals surface area contributed by atoms with Crippen molar-refractivity contribution >= 4 is 11.3 Å². The maximum absolute atomic E-state index is 4.70. The van der Waals surface area contributed by atoms with E-state index in [1.54, 1.807) is 0 Å². The Morgan fingerprint density at radius 1 is 1.39 bits per heavy atom. The van der Waals surface area contributed by atoms with E-state index in [4.69, 9.17) is 4.98 Å². The molecule has 1 fully saturated rings. The molecule has 1 aromatic heterocycles. The standard InChI is InChI=1S/C14H25N3S/c1-3-4-13-11-18-14(16-13)6-5-12(2)17-9-7-15-8-10-17/h11-12,15H,3-10H2,1-2H3. The molecular weight excluding hydrogens is 242 g/mol. The van der Waals surface area contributed by atoms with Crippen LogP contribution < -0.4 is 5.32 Å². The summed E-state index contributed by atoms with van der Waals surface area (Å²) in [5.41, 5.74) is 1.28. The van der Waals surface area contributed by atoms with Gasteiger partial charge < -0.3 is 5.32 Å². The minimum atomic E-state index is 0.686. The molecule has 18 heavy (non-hydrogen) atoms. The topological polar surface area (TPSA) is 28.2 Å². The summed E-state index contributed by atoms with van der Waals surface area (Å²) in [6.45, 7) is 9.24. The Morgan fingerprint density at radius 3 is 2.89 bits per heavy atom. The van der Waals surface area contributed by atoms with Gasteiger partial charge in [0.1, 0.15) is 0 Å². The quantitative estimate of drug-likeness (QED) is 0.857. The van der Waals surface area contributed by atoms with Crippen LogP contribution in [0.2, 0.25) is 0 Å². The predicted octanol–water partition coefficient (Wildman–Crippen LogP) is 2.32. The lowest BCUT2D eigenvalue weighted by Gasteiger charge is -2.32. The van der Waals surface area contributed by atoms with Crippen LogP contribution in [0.5, 0.6) is 0 Å². The highest BCUT2D eigenvalue weighted by Gasteiger charge is 2.16. The van der Waals surface area contributed by atoms with E-state index in [0.717, 1.165) is 25.9 Å². The molecule has 0 aliphatic carbocycles. The number of aryl methyl sites for hydroxylation is 2. The molecule has 0 spiro atoms. The molecule has 4 heteroatoms. The van der Waals surface area contributed by atoms with Gasteiger partial charge in [-0.05, 0) is 19.8 Å². The molecule has 3 nitrogen and oxygen atoms in total. The monoisotopic (exact) mass is 267 g/mol. The van der Waals surface area contributed by atoms with Gasteiger partial charge in [0.25, 0.3) is 0 Å². The number of aromatic nitrogens is 1. The van der Waals surface area contributed by atoms with Crippen molar-refractivity contribution in [3.8, 4) is 0 Å². The zero-order chi connectivity index (χ0) is 12.8. The second kappa shape index (κ2) is 7.22. The molecule has 102 valence electrons. The Morgan fingerprint density at radius 2 is 2.17 bits per heavy atom. The van der Waals surface area contributed by atoms with Crippen LogP contribution in [0.15, 0.2) is 5.38 Å². The van der Waals surface area contributed by atoms with Crippen LogP contribution in [-0.2, 0) is 12.8 Å². The van der Waals surface area contributed by atoms with E-state index in [0.29, 0.717) is 6.04 Å². The number of rotatable bonds is 6. The number of hydrogen-bond acceptors (Lipinski definition) is 4. The van der Waals surface area contributed by atoms with Crippen LogP contribution in [0, 0.1) is 0 Å². The predicted molar refractivity (Wildman–Crippen MR) is 78.3 cm³/mol. The van der Waals surface area contributed by atoms with Gasteiger partial charge in [-0.2, -0.15) is 0 Å². The van der Waals surface area contributed by atoms with E-state index >= 15 is 0 Å². The fourth-order valence-electron chi connectivity index (χ4n) is 2.47. The number of thiazole rings is 1. The van der Waals surface area contributed by atoms with Gasteiger partial charge in [0.05, 0.1) is 10.7 Å². The summed E-state index contributed by atoms with van der Waals surface area (Å²) >= 11 is 1.84. The second-order valence-electron chi connectivity index (χ2n) is 5.16. The lowest BCUT2D eigenvalue weighted by atomic mass is 10.1. The SMILES string of the molecule is CCCc1csc(CCC(C)N2CCNCC2)n1. The molecule has 0 amide bonds. The van der Waals surface area contributed by atoms with Crippen LogP contribution in [0.1, 0.15) is 37.4 Å². The first-order valence-corrected chi connectivity index (χ1v) is 8.05. The molecule has 1 saturated heterocycles. The Hall–Kier alpha value is -0.450. The number of nitrogens with zero attached hydrogens (tertiary/aromatic N) is 2. The average Bonchev–Trinajstić information content (AvgIpc) is 2.85. The van der Waals surface area contributed by atoms with Crippen LogP contribution in [0.4, 0.5) is 0 Å². The number of piperazine rings is 1. The van der Waals surface area contributed by atoms with Crippen molar-refractivity contribution in [2.45, 2.75) is 45.6 Å². The third-order valence-corrected chi connectivity index (χ3v) is 4.61. The average molecular weight is 267 g/mol. The van der Waals surface area contributed by atoms with Crippen LogP contribution >= 0.6 is 11.3 Å². The Kier molecular flexibility index (Phi) is 5.60. The molecule has 1 aliphatic rings. The molecule has 0 bridgehead atoms. The molecule has 1 atom stereocenters. The first-order chi connectivity index (χ1) is 8.79. The van der Waals surface area contributed by atoms with E-state index in [1.807, 2.05) is 11.3 Å². The van der Waals surface area contributed by atoms with E-state index in [-0.39, 0.29) is 0 Å². The van der Waals surface area contributed by atoms with Crippen LogP contribution in [-0.4, -0.2) is 42.1 Å². The molecule has 2 rings (SSSR count). The van der Waals surface area contributed by atoms with E-state index in [2.05, 4.69) is 29.4 Å². The molecule has 2 heterocycles. The number of nitrogens with one attached hydrogen (secondary N) is 1. The summed E-state index contributed by atoms with van der Waals surface area (Å²) in [6, 6.07) is 0.686. The molecular formula is C14H25N3S. The number of hydrogen-bond donors (Lipinski definition) is 1. The molecule has 1 N–H and O–H groups in total. The third kappa shape index (κ3) is 4.04. The molecule has 1 aliphatic heterocycles. The third-order valence-electron chi connectivity index (χ3n) is 3.66. The van der Waals surface area contributed by atoms with Gasteiger partial charge in [-0.25, -0.2) is 4.98 Å². The van der Waals surface area contributed by atoms with Crippen molar-refractivity contribution in [3.05, 3.63) is 16.1 Å². The Balaban J connectivity index is 1.75. The highest BCUT2D eigenvalue weighted by molar-refractivity contribution is 7.09. The molecule has 0 radical (unpaired) electrons. The Labute approximate surface area is 115 Å². The van der Waals surface area contributed by atoms with Crippen molar-refractivity contribution in [2.75, 3.05) is 26.2 Å². The normalized spacial score (nSPS) is 19.0. The fraction of sp³-hybridized carbons (Fsp3) is 0.786. The zero-order valence-electron chi connectivity index (χ0n) is 11.6. The van der Waals surface area contributed by atoms with E-state index in [9.17, 15) is 0 Å². The molecule has 0 aromatic carbocycles. The zero-order valence-corrected chi connectivity index (χ0v) is 12.4. The van der Waals surface area contributed by atoms with Crippen molar-refractivity contribution in [1.82, 2.24) is 15.2 Å². The highest BCUT2D eigenvalue weighted by Crippen LogP contribution is 2.15. The van der Waals surface area contributed by atoms with Gasteiger partial charge in [0.15, 0.2) is 0 Å². The summed E-state index contributed by atoms with van der Waals surface area (Å²) in [7, 11) is 0. The first-order valence-electron chi connectivity index (χ1n) is 7.17. The second-order valence-corrected chi connectivity index (χ2v) is 6.10.